The Kier molecular flexibility index (Phi) is 7.36. The topological polar surface area (TPSA) is 134 Å². The Morgan fingerprint density at radius 2 is 1.56 bits per heavy atom. The average Bonchev–Trinajstić information content (AvgIpc) is 2.75. The summed E-state index contributed by atoms with van der Waals surface area (Å²) in [6.45, 7) is -1.67. The Morgan fingerprint density at radius 3 is 2.03 bits per heavy atom. The quantitative estimate of drug-likeness (QED) is 0.381. The zero-order valence-corrected chi connectivity index (χ0v) is 16.5. The number of benzene rings is 2. The van der Waals surface area contributed by atoms with Crippen LogP contribution in [-0.2, 0) is 9.47 Å². The molecule has 0 aliphatic heterocycles. The van der Waals surface area contributed by atoms with E-state index in [4.69, 9.17) is 0 Å². The second kappa shape index (κ2) is 9.76. The van der Waals surface area contributed by atoms with Crippen LogP contribution < -0.4 is 10.1 Å². The SMILES string of the molecule is COC(=O)c1cc(NC(=O)c2cc(OCC(F)(F)F)ccc2[N+](=O)[O-])cc(C(=O)OC)c1. The molecule has 0 bridgehead atoms. The van der Waals surface area contributed by atoms with Crippen molar-refractivity contribution in [3.63, 3.8) is 0 Å². The molecule has 0 aromatic heterocycles. The molecule has 2 aromatic carbocycles. The fraction of sp³-hybridized carbons (Fsp3) is 0.211. The van der Waals surface area contributed by atoms with Crippen LogP contribution in [0.3, 0.4) is 0 Å². The summed E-state index contributed by atoms with van der Waals surface area (Å²) >= 11 is 0. The van der Waals surface area contributed by atoms with E-state index >= 15 is 0 Å². The van der Waals surface area contributed by atoms with Gasteiger partial charge in [0.1, 0.15) is 11.3 Å². The van der Waals surface area contributed by atoms with Crippen LogP contribution in [0.4, 0.5) is 24.5 Å². The Morgan fingerprint density at radius 1 is 1.00 bits per heavy atom. The fourth-order valence-corrected chi connectivity index (χ4v) is 2.48. The monoisotopic (exact) mass is 456 g/mol. The first-order valence-electron chi connectivity index (χ1n) is 8.56. The average molecular weight is 456 g/mol. The van der Waals surface area contributed by atoms with Gasteiger partial charge in [0.05, 0.1) is 30.3 Å². The summed E-state index contributed by atoms with van der Waals surface area (Å²) in [4.78, 5) is 46.7. The van der Waals surface area contributed by atoms with Crippen molar-refractivity contribution < 1.29 is 46.7 Å². The summed E-state index contributed by atoms with van der Waals surface area (Å²) in [5.74, 6) is -3.23. The van der Waals surface area contributed by atoms with Gasteiger partial charge in [0.2, 0.25) is 0 Å². The summed E-state index contributed by atoms with van der Waals surface area (Å²) in [6, 6.07) is 5.89. The lowest BCUT2D eigenvalue weighted by molar-refractivity contribution is -0.385. The second-order valence-electron chi connectivity index (χ2n) is 6.08. The fourth-order valence-electron chi connectivity index (χ4n) is 2.48. The van der Waals surface area contributed by atoms with Gasteiger partial charge in [0.15, 0.2) is 6.61 Å². The predicted molar refractivity (Wildman–Crippen MR) is 102 cm³/mol. The number of esters is 2. The summed E-state index contributed by atoms with van der Waals surface area (Å²) in [5.41, 5.74) is -1.73. The normalized spacial score (nSPS) is 10.8. The van der Waals surface area contributed by atoms with Crippen molar-refractivity contribution >= 4 is 29.2 Å². The number of methoxy groups -OCH3 is 2. The zero-order chi connectivity index (χ0) is 24.1. The summed E-state index contributed by atoms with van der Waals surface area (Å²) < 4.78 is 50.8. The minimum Gasteiger partial charge on any atom is -0.484 e. The van der Waals surface area contributed by atoms with E-state index in [-0.39, 0.29) is 16.8 Å². The third-order valence-electron chi connectivity index (χ3n) is 3.84. The van der Waals surface area contributed by atoms with Gasteiger partial charge in [-0.15, -0.1) is 0 Å². The van der Waals surface area contributed by atoms with Gasteiger partial charge in [-0.05, 0) is 30.3 Å². The molecular weight excluding hydrogens is 441 g/mol. The third-order valence-corrected chi connectivity index (χ3v) is 3.84. The lowest BCUT2D eigenvalue weighted by Gasteiger charge is -2.12. The van der Waals surface area contributed by atoms with Crippen LogP contribution in [0.1, 0.15) is 31.1 Å². The first kappa shape index (κ1) is 24.1. The van der Waals surface area contributed by atoms with E-state index in [0.717, 1.165) is 50.6 Å². The van der Waals surface area contributed by atoms with Crippen molar-refractivity contribution in [2.45, 2.75) is 6.18 Å². The Hall–Kier alpha value is -4.16. The second-order valence-corrected chi connectivity index (χ2v) is 6.08. The largest absolute Gasteiger partial charge is 0.484 e. The Bertz CT molecular complexity index is 1030. The van der Waals surface area contributed by atoms with Crippen molar-refractivity contribution in [2.24, 2.45) is 0 Å². The minimum absolute atomic E-state index is 0.130. The maximum absolute atomic E-state index is 12.7. The van der Waals surface area contributed by atoms with Crippen LogP contribution in [0.5, 0.6) is 5.75 Å². The number of ether oxygens (including phenoxy) is 3. The molecule has 0 heterocycles. The number of alkyl halides is 3. The Balaban J connectivity index is 2.43. The van der Waals surface area contributed by atoms with E-state index in [1.807, 2.05) is 0 Å². The molecule has 0 atom stereocenters. The maximum Gasteiger partial charge on any atom is 0.422 e. The molecule has 10 nitrogen and oxygen atoms in total. The van der Waals surface area contributed by atoms with Crippen LogP contribution in [0.25, 0.3) is 0 Å². The predicted octanol–water partition coefficient (Wildman–Crippen LogP) is 3.36. The third kappa shape index (κ3) is 6.17. The highest BCUT2D eigenvalue weighted by atomic mass is 19.4. The molecule has 0 spiro atoms. The van der Waals surface area contributed by atoms with Crippen LogP contribution in [0.15, 0.2) is 36.4 Å². The van der Waals surface area contributed by atoms with Crippen molar-refractivity contribution in [3.05, 3.63) is 63.2 Å². The van der Waals surface area contributed by atoms with E-state index in [1.54, 1.807) is 0 Å². The van der Waals surface area contributed by atoms with Gasteiger partial charge in [-0.3, -0.25) is 14.9 Å². The molecule has 13 heteroatoms. The molecule has 2 aromatic rings. The van der Waals surface area contributed by atoms with Crippen LogP contribution >= 0.6 is 0 Å². The Labute approximate surface area is 178 Å². The molecule has 2 rings (SSSR count). The lowest BCUT2D eigenvalue weighted by atomic mass is 10.1. The van der Waals surface area contributed by atoms with Crippen molar-refractivity contribution in [1.82, 2.24) is 0 Å². The number of nitrogens with zero attached hydrogens (tertiary/aromatic N) is 1. The molecule has 0 aliphatic rings. The van der Waals surface area contributed by atoms with Gasteiger partial charge in [-0.2, -0.15) is 13.2 Å². The van der Waals surface area contributed by atoms with Gasteiger partial charge in [0, 0.05) is 11.8 Å². The molecule has 0 fully saturated rings. The van der Waals surface area contributed by atoms with Crippen molar-refractivity contribution in [1.29, 1.82) is 0 Å². The van der Waals surface area contributed by atoms with E-state index in [2.05, 4.69) is 19.5 Å². The number of nitro groups is 1. The van der Waals surface area contributed by atoms with Crippen LogP contribution in [-0.4, -0.2) is 49.8 Å². The number of nitrogens with one attached hydrogen (secondary N) is 1. The number of hydrogen-bond donors (Lipinski definition) is 1. The molecule has 1 N–H and O–H groups in total. The van der Waals surface area contributed by atoms with E-state index in [0.29, 0.717) is 0 Å². The lowest BCUT2D eigenvalue weighted by Crippen LogP contribution is -2.20. The molecule has 1 amide bonds. The summed E-state index contributed by atoms with van der Waals surface area (Å²) in [7, 11) is 2.17. The highest BCUT2D eigenvalue weighted by Gasteiger charge is 2.29. The standard InChI is InChI=1S/C19H15F3N2O8/c1-30-17(26)10-5-11(18(27)31-2)7-12(6-10)23-16(25)14-8-13(32-9-19(20,21)22)3-4-15(14)24(28)29/h3-8H,9H2,1-2H3,(H,23,25). The summed E-state index contributed by atoms with van der Waals surface area (Å²) in [6.07, 6.45) is -4.66. The highest BCUT2D eigenvalue weighted by Crippen LogP contribution is 2.27. The van der Waals surface area contributed by atoms with Crippen molar-refractivity contribution in [3.8, 4) is 5.75 Å². The van der Waals surface area contributed by atoms with Crippen LogP contribution in [0.2, 0.25) is 0 Å². The minimum atomic E-state index is -4.66. The molecule has 0 radical (unpaired) electrons. The molecular formula is C19H15F3N2O8. The number of amides is 1. The van der Waals surface area contributed by atoms with Crippen molar-refractivity contribution in [2.75, 3.05) is 26.1 Å². The van der Waals surface area contributed by atoms with E-state index in [1.165, 1.54) is 0 Å². The number of hydrogen-bond acceptors (Lipinski definition) is 8. The van der Waals surface area contributed by atoms with Gasteiger partial charge in [-0.25, -0.2) is 9.59 Å². The number of carbonyl (C=O) groups is 3. The number of anilines is 1. The van der Waals surface area contributed by atoms with E-state index in [9.17, 15) is 37.7 Å². The zero-order valence-electron chi connectivity index (χ0n) is 16.5. The van der Waals surface area contributed by atoms with Gasteiger partial charge >= 0.3 is 18.1 Å². The number of carbonyl (C=O) groups excluding carboxylic acids is 3. The number of nitro benzene ring substituents is 1. The van der Waals surface area contributed by atoms with E-state index < -0.39 is 52.6 Å². The smallest absolute Gasteiger partial charge is 0.422 e. The molecule has 0 aliphatic carbocycles. The maximum atomic E-state index is 12.7. The highest BCUT2D eigenvalue weighted by molar-refractivity contribution is 6.08. The van der Waals surface area contributed by atoms with Gasteiger partial charge < -0.3 is 19.5 Å². The van der Waals surface area contributed by atoms with Crippen LogP contribution in [0, 0.1) is 10.1 Å². The number of halogens is 3. The summed E-state index contributed by atoms with van der Waals surface area (Å²) in [5, 5.41) is 13.5. The number of rotatable bonds is 7. The molecule has 170 valence electrons. The molecule has 32 heavy (non-hydrogen) atoms. The first-order valence-corrected chi connectivity index (χ1v) is 8.56. The van der Waals surface area contributed by atoms with Gasteiger partial charge in [-0.1, -0.05) is 0 Å². The first-order chi connectivity index (χ1) is 14.9. The molecule has 0 saturated heterocycles. The van der Waals surface area contributed by atoms with Gasteiger partial charge in [0.25, 0.3) is 11.6 Å². The molecule has 0 saturated carbocycles. The molecule has 0 unspecified atom stereocenters.